The summed E-state index contributed by atoms with van der Waals surface area (Å²) in [5.74, 6) is 0. The summed E-state index contributed by atoms with van der Waals surface area (Å²) in [6.07, 6.45) is 4.89. The third-order valence-corrected chi connectivity index (χ3v) is 3.11. The zero-order valence-electron chi connectivity index (χ0n) is 10.6. The monoisotopic (exact) mass is 263 g/mol. The van der Waals surface area contributed by atoms with E-state index in [0.29, 0.717) is 0 Å². The van der Waals surface area contributed by atoms with E-state index in [1.807, 2.05) is 36.8 Å². The molecule has 0 saturated carbocycles. The molecule has 0 fully saturated rings. The van der Waals surface area contributed by atoms with Crippen molar-refractivity contribution < 1.29 is 0 Å². The molecule has 0 radical (unpaired) electrons. The van der Waals surface area contributed by atoms with Crippen molar-refractivity contribution in [3.05, 3.63) is 41.8 Å². The number of imidazole rings is 1. The second-order valence-electron chi connectivity index (χ2n) is 4.19. The summed E-state index contributed by atoms with van der Waals surface area (Å²) in [6.45, 7) is 5.16. The van der Waals surface area contributed by atoms with Crippen LogP contribution in [0.5, 0.6) is 0 Å². The molecule has 0 unspecified atom stereocenters. The van der Waals surface area contributed by atoms with E-state index in [9.17, 15) is 0 Å². The summed E-state index contributed by atoms with van der Waals surface area (Å²) < 4.78 is 2.18. The molecule has 1 aromatic heterocycles. The maximum absolute atomic E-state index is 5.90. The smallest absolute Gasteiger partial charge is 0.0950 e. The number of hydrogen-bond acceptors (Lipinski definition) is 2. The predicted molar refractivity (Wildman–Crippen MR) is 75.8 cm³/mol. The average molecular weight is 264 g/mol. The minimum Gasteiger partial charge on any atom is -0.331 e. The van der Waals surface area contributed by atoms with E-state index in [1.165, 1.54) is 0 Å². The Hall–Kier alpha value is -1.32. The van der Waals surface area contributed by atoms with Crippen LogP contribution in [0.4, 0.5) is 0 Å². The van der Waals surface area contributed by atoms with Gasteiger partial charge in [0.2, 0.25) is 0 Å². The molecular formula is C14H18ClN3. The van der Waals surface area contributed by atoms with Gasteiger partial charge in [-0.3, -0.25) is 0 Å². The highest BCUT2D eigenvalue weighted by molar-refractivity contribution is 6.30. The van der Waals surface area contributed by atoms with E-state index in [4.69, 9.17) is 11.6 Å². The van der Waals surface area contributed by atoms with Crippen LogP contribution in [-0.4, -0.2) is 22.6 Å². The van der Waals surface area contributed by atoms with Crippen LogP contribution in [0.25, 0.3) is 11.3 Å². The number of halogens is 1. The maximum atomic E-state index is 5.90. The largest absolute Gasteiger partial charge is 0.331 e. The highest BCUT2D eigenvalue weighted by atomic mass is 35.5. The number of hydrogen-bond donors (Lipinski definition) is 1. The molecule has 18 heavy (non-hydrogen) atoms. The first kappa shape index (κ1) is 13.1. The SMILES string of the molecule is CCNCCCn1cncc1-c1ccc(Cl)cc1. The van der Waals surface area contributed by atoms with E-state index in [-0.39, 0.29) is 0 Å². The lowest BCUT2D eigenvalue weighted by Gasteiger charge is -2.08. The Bertz CT molecular complexity index is 476. The summed E-state index contributed by atoms with van der Waals surface area (Å²) >= 11 is 5.90. The first-order valence-corrected chi connectivity index (χ1v) is 6.66. The van der Waals surface area contributed by atoms with Crippen LogP contribution in [0, 0.1) is 0 Å². The topological polar surface area (TPSA) is 29.9 Å². The van der Waals surface area contributed by atoms with Crippen molar-refractivity contribution in [3.63, 3.8) is 0 Å². The van der Waals surface area contributed by atoms with Gasteiger partial charge in [0.15, 0.2) is 0 Å². The van der Waals surface area contributed by atoms with E-state index in [0.717, 1.165) is 42.3 Å². The Morgan fingerprint density at radius 3 is 2.78 bits per heavy atom. The second kappa shape index (κ2) is 6.57. The number of nitrogens with one attached hydrogen (secondary N) is 1. The molecule has 0 bridgehead atoms. The number of benzene rings is 1. The number of aromatic nitrogens is 2. The minimum absolute atomic E-state index is 0.761. The summed E-state index contributed by atoms with van der Waals surface area (Å²) in [4.78, 5) is 4.23. The quantitative estimate of drug-likeness (QED) is 0.811. The van der Waals surface area contributed by atoms with Crippen molar-refractivity contribution in [1.29, 1.82) is 0 Å². The molecular weight excluding hydrogens is 246 g/mol. The number of nitrogens with zero attached hydrogens (tertiary/aromatic N) is 2. The maximum Gasteiger partial charge on any atom is 0.0950 e. The van der Waals surface area contributed by atoms with Crippen molar-refractivity contribution in [2.45, 2.75) is 19.9 Å². The van der Waals surface area contributed by atoms with Crippen LogP contribution in [0.3, 0.4) is 0 Å². The van der Waals surface area contributed by atoms with Gasteiger partial charge in [0.05, 0.1) is 18.2 Å². The molecule has 0 aliphatic carbocycles. The summed E-state index contributed by atoms with van der Waals surface area (Å²) in [5.41, 5.74) is 2.29. The van der Waals surface area contributed by atoms with E-state index in [1.54, 1.807) is 0 Å². The summed E-state index contributed by atoms with van der Waals surface area (Å²) in [6, 6.07) is 7.88. The molecule has 0 saturated heterocycles. The van der Waals surface area contributed by atoms with Gasteiger partial charge in [0, 0.05) is 11.6 Å². The molecule has 3 nitrogen and oxygen atoms in total. The van der Waals surface area contributed by atoms with Crippen LogP contribution in [0.2, 0.25) is 5.02 Å². The fourth-order valence-electron chi connectivity index (χ4n) is 1.91. The molecule has 0 atom stereocenters. The molecule has 96 valence electrons. The molecule has 0 aliphatic rings. The fourth-order valence-corrected chi connectivity index (χ4v) is 2.04. The van der Waals surface area contributed by atoms with Gasteiger partial charge in [0.25, 0.3) is 0 Å². The van der Waals surface area contributed by atoms with Gasteiger partial charge < -0.3 is 9.88 Å². The molecule has 1 heterocycles. The third-order valence-electron chi connectivity index (χ3n) is 2.85. The first-order valence-electron chi connectivity index (χ1n) is 6.28. The zero-order chi connectivity index (χ0) is 12.8. The van der Waals surface area contributed by atoms with Crippen LogP contribution < -0.4 is 5.32 Å². The van der Waals surface area contributed by atoms with Gasteiger partial charge in [-0.25, -0.2) is 4.98 Å². The Balaban J connectivity index is 2.05. The van der Waals surface area contributed by atoms with Crippen molar-refractivity contribution in [1.82, 2.24) is 14.9 Å². The molecule has 4 heteroatoms. The van der Waals surface area contributed by atoms with E-state index < -0.39 is 0 Å². The van der Waals surface area contributed by atoms with Crippen LogP contribution in [0.15, 0.2) is 36.8 Å². The first-order chi connectivity index (χ1) is 8.81. The molecule has 2 aromatic rings. The van der Waals surface area contributed by atoms with Gasteiger partial charge in [0.1, 0.15) is 0 Å². The Morgan fingerprint density at radius 1 is 1.28 bits per heavy atom. The second-order valence-corrected chi connectivity index (χ2v) is 4.62. The van der Waals surface area contributed by atoms with E-state index >= 15 is 0 Å². The highest BCUT2D eigenvalue weighted by Gasteiger charge is 2.04. The molecule has 1 N–H and O–H groups in total. The van der Waals surface area contributed by atoms with Gasteiger partial charge in [-0.15, -0.1) is 0 Å². The normalized spacial score (nSPS) is 10.8. The molecule has 0 amide bonds. The van der Waals surface area contributed by atoms with E-state index in [2.05, 4.69) is 21.8 Å². The Labute approximate surface area is 113 Å². The molecule has 0 aliphatic heterocycles. The lowest BCUT2D eigenvalue weighted by atomic mass is 10.1. The van der Waals surface area contributed by atoms with Gasteiger partial charge in [-0.2, -0.15) is 0 Å². The number of aryl methyl sites for hydroxylation is 1. The van der Waals surface area contributed by atoms with Crippen molar-refractivity contribution in [2.75, 3.05) is 13.1 Å². The van der Waals surface area contributed by atoms with Crippen molar-refractivity contribution in [2.24, 2.45) is 0 Å². The summed E-state index contributed by atoms with van der Waals surface area (Å²) in [7, 11) is 0. The van der Waals surface area contributed by atoms with Crippen LogP contribution >= 0.6 is 11.6 Å². The average Bonchev–Trinajstić information content (AvgIpc) is 2.84. The molecule has 2 rings (SSSR count). The Morgan fingerprint density at radius 2 is 2.06 bits per heavy atom. The predicted octanol–water partition coefficient (Wildman–Crippen LogP) is 3.20. The molecule has 1 aromatic carbocycles. The van der Waals surface area contributed by atoms with Gasteiger partial charge in [-0.1, -0.05) is 30.7 Å². The summed E-state index contributed by atoms with van der Waals surface area (Å²) in [5, 5.41) is 4.09. The van der Waals surface area contributed by atoms with Crippen molar-refractivity contribution in [3.8, 4) is 11.3 Å². The minimum atomic E-state index is 0.761. The van der Waals surface area contributed by atoms with Crippen LogP contribution in [0.1, 0.15) is 13.3 Å². The molecule has 0 spiro atoms. The zero-order valence-corrected chi connectivity index (χ0v) is 11.3. The number of rotatable bonds is 6. The van der Waals surface area contributed by atoms with Gasteiger partial charge >= 0.3 is 0 Å². The fraction of sp³-hybridized carbons (Fsp3) is 0.357. The highest BCUT2D eigenvalue weighted by Crippen LogP contribution is 2.21. The third kappa shape index (κ3) is 3.34. The van der Waals surface area contributed by atoms with Crippen molar-refractivity contribution >= 4 is 11.6 Å². The van der Waals surface area contributed by atoms with Gasteiger partial charge in [-0.05, 0) is 37.2 Å². The lowest BCUT2D eigenvalue weighted by molar-refractivity contribution is 0.595. The standard InChI is InChI=1S/C14H18ClN3/c1-2-16-8-3-9-18-11-17-10-14(18)12-4-6-13(15)7-5-12/h4-7,10-11,16H,2-3,8-9H2,1H3. The Kier molecular flexibility index (Phi) is 4.79. The van der Waals surface area contributed by atoms with Crippen LogP contribution in [-0.2, 0) is 6.54 Å². The lowest BCUT2D eigenvalue weighted by Crippen LogP contribution is -2.16.